The molecule has 0 saturated carbocycles. The van der Waals surface area contributed by atoms with Crippen LogP contribution in [0.15, 0.2) is 48.5 Å². The molecular formula is C20H23ClFN3O2. The molecule has 0 atom stereocenters. The van der Waals surface area contributed by atoms with Gasteiger partial charge in [-0.2, -0.15) is 0 Å². The summed E-state index contributed by atoms with van der Waals surface area (Å²) in [5.74, 6) is -0.505. The highest BCUT2D eigenvalue weighted by molar-refractivity contribution is 5.99. The van der Waals surface area contributed by atoms with Gasteiger partial charge in [0.2, 0.25) is 5.91 Å². The van der Waals surface area contributed by atoms with Gasteiger partial charge in [-0.05, 0) is 36.2 Å². The highest BCUT2D eigenvalue weighted by Crippen LogP contribution is 2.16. The predicted octanol–water partition coefficient (Wildman–Crippen LogP) is 2.75. The summed E-state index contributed by atoms with van der Waals surface area (Å²) in [6.45, 7) is 2.09. The van der Waals surface area contributed by atoms with Crippen LogP contribution < -0.4 is 5.73 Å². The third-order valence-corrected chi connectivity index (χ3v) is 4.57. The number of hydrogen-bond donors (Lipinski definition) is 1. The Labute approximate surface area is 164 Å². The number of carbonyl (C=O) groups is 2. The summed E-state index contributed by atoms with van der Waals surface area (Å²) in [7, 11) is 0. The van der Waals surface area contributed by atoms with Crippen molar-refractivity contribution in [2.24, 2.45) is 0 Å². The quantitative estimate of drug-likeness (QED) is 0.818. The van der Waals surface area contributed by atoms with Crippen molar-refractivity contribution in [3.63, 3.8) is 0 Å². The van der Waals surface area contributed by atoms with Crippen LogP contribution in [0, 0.1) is 5.82 Å². The molecule has 2 N–H and O–H groups in total. The summed E-state index contributed by atoms with van der Waals surface area (Å²) in [6, 6.07) is 13.1. The fourth-order valence-corrected chi connectivity index (χ4v) is 3.17. The van der Waals surface area contributed by atoms with Crippen LogP contribution in [0.25, 0.3) is 0 Å². The minimum Gasteiger partial charge on any atom is -0.398 e. The van der Waals surface area contributed by atoms with Crippen molar-refractivity contribution in [1.82, 2.24) is 9.80 Å². The molecule has 0 spiro atoms. The molecule has 1 saturated heterocycles. The maximum Gasteiger partial charge on any atom is 0.256 e. The number of carbonyl (C=O) groups excluding carboxylic acids is 2. The minimum atomic E-state index is -0.344. The average Bonchev–Trinajstić information content (AvgIpc) is 2.88. The van der Waals surface area contributed by atoms with Gasteiger partial charge in [0, 0.05) is 31.9 Å². The maximum absolute atomic E-state index is 13.3. The molecule has 1 fully saturated rings. The summed E-state index contributed by atoms with van der Waals surface area (Å²) < 4.78 is 13.3. The van der Waals surface area contributed by atoms with Gasteiger partial charge in [0.05, 0.1) is 12.0 Å². The number of amides is 2. The summed E-state index contributed by atoms with van der Waals surface area (Å²) in [6.07, 6.45) is 0.866. The normalized spacial score (nSPS) is 14.3. The second-order valence-corrected chi connectivity index (χ2v) is 6.42. The Hall–Kier alpha value is -2.60. The van der Waals surface area contributed by atoms with E-state index in [4.69, 9.17) is 5.73 Å². The number of nitrogens with two attached hydrogens (primary N) is 1. The molecule has 0 bridgehead atoms. The van der Waals surface area contributed by atoms with Gasteiger partial charge in [-0.25, -0.2) is 4.39 Å². The van der Waals surface area contributed by atoms with Crippen molar-refractivity contribution in [3.8, 4) is 0 Å². The summed E-state index contributed by atoms with van der Waals surface area (Å²) in [5, 5.41) is 0. The van der Waals surface area contributed by atoms with Crippen molar-refractivity contribution in [3.05, 3.63) is 65.5 Å². The average molecular weight is 392 g/mol. The number of rotatable bonds is 3. The fourth-order valence-electron chi connectivity index (χ4n) is 3.17. The van der Waals surface area contributed by atoms with E-state index in [-0.39, 0.29) is 36.5 Å². The first-order valence-corrected chi connectivity index (χ1v) is 8.70. The van der Waals surface area contributed by atoms with Gasteiger partial charge in [-0.1, -0.05) is 24.3 Å². The van der Waals surface area contributed by atoms with Gasteiger partial charge in [0.25, 0.3) is 5.91 Å². The summed E-state index contributed by atoms with van der Waals surface area (Å²) >= 11 is 0. The van der Waals surface area contributed by atoms with Crippen molar-refractivity contribution in [2.75, 3.05) is 31.9 Å². The standard InChI is InChI=1S/C20H22FN3O2.ClH/c21-16-6-3-5-15(13-16)14-19(25)23-9-4-10-24(12-11-23)20(26)17-7-1-2-8-18(17)22;/h1-3,5-8,13H,4,9-12,14,22H2;1H. The summed E-state index contributed by atoms with van der Waals surface area (Å²) in [5.41, 5.74) is 7.51. The Balaban J connectivity index is 0.00000261. The van der Waals surface area contributed by atoms with Crippen LogP contribution in [-0.4, -0.2) is 47.8 Å². The first-order valence-electron chi connectivity index (χ1n) is 8.70. The molecule has 0 aliphatic carbocycles. The Morgan fingerprint density at radius 1 is 0.963 bits per heavy atom. The molecule has 144 valence electrons. The number of nitrogen functional groups attached to an aromatic ring is 1. The van der Waals surface area contributed by atoms with Crippen LogP contribution in [0.1, 0.15) is 22.3 Å². The second kappa shape index (κ2) is 9.37. The Kier molecular flexibility index (Phi) is 7.19. The first kappa shape index (κ1) is 20.7. The van der Waals surface area contributed by atoms with Crippen LogP contribution in [0.2, 0.25) is 0 Å². The molecular weight excluding hydrogens is 369 g/mol. The molecule has 7 heteroatoms. The van der Waals surface area contributed by atoms with E-state index >= 15 is 0 Å². The van der Waals surface area contributed by atoms with Crippen LogP contribution >= 0.6 is 12.4 Å². The highest BCUT2D eigenvalue weighted by Gasteiger charge is 2.23. The van der Waals surface area contributed by atoms with Crippen molar-refractivity contribution in [1.29, 1.82) is 0 Å². The first-order chi connectivity index (χ1) is 12.5. The summed E-state index contributed by atoms with van der Waals surface area (Å²) in [4.78, 5) is 28.7. The van der Waals surface area contributed by atoms with Crippen LogP contribution in [0.5, 0.6) is 0 Å². The Morgan fingerprint density at radius 3 is 2.41 bits per heavy atom. The number of nitrogens with zero attached hydrogens (tertiary/aromatic N) is 2. The lowest BCUT2D eigenvalue weighted by Crippen LogP contribution is -2.38. The molecule has 0 unspecified atom stereocenters. The lowest BCUT2D eigenvalue weighted by molar-refractivity contribution is -0.130. The molecule has 0 radical (unpaired) electrons. The van der Waals surface area contributed by atoms with E-state index in [1.807, 2.05) is 0 Å². The third kappa shape index (κ3) is 5.20. The lowest BCUT2D eigenvalue weighted by Gasteiger charge is -2.23. The van der Waals surface area contributed by atoms with E-state index in [0.29, 0.717) is 49.4 Å². The largest absolute Gasteiger partial charge is 0.398 e. The van der Waals surface area contributed by atoms with Crippen LogP contribution in [0.3, 0.4) is 0 Å². The number of benzene rings is 2. The van der Waals surface area contributed by atoms with Gasteiger partial charge in [-0.15, -0.1) is 12.4 Å². The maximum atomic E-state index is 13.3. The molecule has 1 aliphatic heterocycles. The van der Waals surface area contributed by atoms with E-state index in [1.165, 1.54) is 12.1 Å². The molecule has 0 aromatic heterocycles. The van der Waals surface area contributed by atoms with Gasteiger partial charge in [0.1, 0.15) is 5.82 Å². The lowest BCUT2D eigenvalue weighted by atomic mass is 10.1. The monoisotopic (exact) mass is 391 g/mol. The molecule has 2 amide bonds. The Bertz CT molecular complexity index is 815. The molecule has 3 rings (SSSR count). The van der Waals surface area contributed by atoms with Crippen LogP contribution in [0.4, 0.5) is 10.1 Å². The van der Waals surface area contributed by atoms with E-state index in [9.17, 15) is 14.0 Å². The molecule has 1 aliphatic rings. The number of anilines is 1. The topological polar surface area (TPSA) is 66.6 Å². The molecule has 5 nitrogen and oxygen atoms in total. The minimum absolute atomic E-state index is 0. The molecule has 1 heterocycles. The predicted molar refractivity (Wildman–Crippen MR) is 105 cm³/mol. The van der Waals surface area contributed by atoms with Crippen molar-refractivity contribution < 1.29 is 14.0 Å². The Morgan fingerprint density at radius 2 is 1.67 bits per heavy atom. The van der Waals surface area contributed by atoms with Gasteiger partial charge in [0.15, 0.2) is 0 Å². The van der Waals surface area contributed by atoms with E-state index in [1.54, 1.807) is 46.2 Å². The second-order valence-electron chi connectivity index (χ2n) is 6.42. The van der Waals surface area contributed by atoms with Crippen molar-refractivity contribution >= 4 is 29.9 Å². The van der Waals surface area contributed by atoms with Crippen molar-refractivity contribution in [2.45, 2.75) is 12.8 Å². The molecule has 2 aromatic rings. The molecule has 2 aromatic carbocycles. The van der Waals surface area contributed by atoms with Gasteiger partial charge < -0.3 is 15.5 Å². The zero-order valence-electron chi connectivity index (χ0n) is 14.9. The zero-order valence-corrected chi connectivity index (χ0v) is 15.8. The van der Waals surface area contributed by atoms with Crippen LogP contribution in [-0.2, 0) is 11.2 Å². The highest BCUT2D eigenvalue weighted by atomic mass is 35.5. The zero-order chi connectivity index (χ0) is 18.5. The van der Waals surface area contributed by atoms with E-state index < -0.39 is 0 Å². The van der Waals surface area contributed by atoms with E-state index in [2.05, 4.69) is 0 Å². The third-order valence-electron chi connectivity index (χ3n) is 4.57. The van der Waals surface area contributed by atoms with Gasteiger partial charge >= 0.3 is 0 Å². The smallest absolute Gasteiger partial charge is 0.256 e. The van der Waals surface area contributed by atoms with Gasteiger partial charge in [-0.3, -0.25) is 9.59 Å². The number of halogens is 2. The number of para-hydroxylation sites is 1. The molecule has 27 heavy (non-hydrogen) atoms. The fraction of sp³-hybridized carbons (Fsp3) is 0.300. The van der Waals surface area contributed by atoms with E-state index in [0.717, 1.165) is 0 Å². The number of hydrogen-bond acceptors (Lipinski definition) is 3. The SMILES string of the molecule is Cl.Nc1ccccc1C(=O)N1CCCN(C(=O)Cc2cccc(F)c2)CC1.